The minimum atomic E-state index is 1.10. The number of benzene rings is 2. The molecule has 1 aliphatic rings. The molecule has 1 aromatic heterocycles. The van der Waals surface area contributed by atoms with Gasteiger partial charge in [0.2, 0.25) is 11.2 Å². The lowest BCUT2D eigenvalue weighted by Gasteiger charge is -2.16. The SMILES string of the molecule is CN(C)c1ccc(/C=C2\CCC[n+]3c2ccc2ccccc23)cc1. The van der Waals surface area contributed by atoms with E-state index in [1.54, 1.807) is 0 Å². The van der Waals surface area contributed by atoms with Gasteiger partial charge in [-0.05, 0) is 42.3 Å². The van der Waals surface area contributed by atoms with Crippen LogP contribution < -0.4 is 9.47 Å². The van der Waals surface area contributed by atoms with Crippen LogP contribution in [0.2, 0.25) is 0 Å². The van der Waals surface area contributed by atoms with Crippen LogP contribution in [0.5, 0.6) is 0 Å². The molecule has 4 rings (SSSR count). The average Bonchev–Trinajstić information content (AvgIpc) is 2.62. The van der Waals surface area contributed by atoms with Crippen molar-refractivity contribution < 1.29 is 4.57 Å². The number of rotatable bonds is 2. The summed E-state index contributed by atoms with van der Waals surface area (Å²) in [6.45, 7) is 1.10. The fourth-order valence-electron chi connectivity index (χ4n) is 3.56. The highest BCUT2D eigenvalue weighted by Crippen LogP contribution is 2.27. The van der Waals surface area contributed by atoms with Gasteiger partial charge in [-0.15, -0.1) is 0 Å². The van der Waals surface area contributed by atoms with E-state index in [4.69, 9.17) is 0 Å². The van der Waals surface area contributed by atoms with E-state index in [0.29, 0.717) is 0 Å². The number of para-hydroxylation sites is 1. The van der Waals surface area contributed by atoms with E-state index in [-0.39, 0.29) is 0 Å². The molecule has 0 radical (unpaired) electrons. The molecule has 0 saturated heterocycles. The third-order valence-corrected chi connectivity index (χ3v) is 4.85. The molecule has 0 N–H and O–H groups in total. The maximum atomic E-state index is 2.47. The summed E-state index contributed by atoms with van der Waals surface area (Å²) in [5.74, 6) is 0. The van der Waals surface area contributed by atoms with Crippen LogP contribution in [0.4, 0.5) is 5.69 Å². The van der Waals surface area contributed by atoms with Crippen LogP contribution in [0.1, 0.15) is 24.1 Å². The fourth-order valence-corrected chi connectivity index (χ4v) is 3.56. The minimum absolute atomic E-state index is 1.10. The number of fused-ring (bicyclic) bond motifs is 3. The van der Waals surface area contributed by atoms with Gasteiger partial charge in [-0.25, -0.2) is 0 Å². The Hall–Kier alpha value is -2.61. The highest BCUT2D eigenvalue weighted by molar-refractivity contribution is 5.82. The van der Waals surface area contributed by atoms with Crippen LogP contribution in [0, 0.1) is 0 Å². The first-order chi connectivity index (χ1) is 11.7. The van der Waals surface area contributed by atoms with Crippen molar-refractivity contribution in [2.75, 3.05) is 19.0 Å². The van der Waals surface area contributed by atoms with E-state index < -0.39 is 0 Å². The van der Waals surface area contributed by atoms with Crippen molar-refractivity contribution in [3.63, 3.8) is 0 Å². The number of allylic oxidation sites excluding steroid dienone is 1. The molecule has 1 aliphatic heterocycles. The first-order valence-electron chi connectivity index (χ1n) is 8.62. The molecule has 2 heteroatoms. The van der Waals surface area contributed by atoms with Gasteiger partial charge in [0.25, 0.3) is 0 Å². The second-order valence-corrected chi connectivity index (χ2v) is 6.69. The van der Waals surface area contributed by atoms with E-state index in [2.05, 4.69) is 90.3 Å². The Bertz CT molecular complexity index is 905. The van der Waals surface area contributed by atoms with Gasteiger partial charge in [0.1, 0.15) is 6.54 Å². The summed E-state index contributed by atoms with van der Waals surface area (Å²) in [6.07, 6.45) is 4.69. The molecule has 0 bridgehead atoms. The standard InChI is InChI=1S/C22H23N2/c1-23(2)20-12-9-17(10-13-20)16-19-7-5-15-24-21-8-4-3-6-18(21)11-14-22(19)24/h3-4,6,8-14,16H,5,7,15H2,1-2H3/q+1. The van der Waals surface area contributed by atoms with Gasteiger partial charge in [0.15, 0.2) is 0 Å². The van der Waals surface area contributed by atoms with Gasteiger partial charge < -0.3 is 4.90 Å². The smallest absolute Gasteiger partial charge is 0.212 e. The third kappa shape index (κ3) is 2.69. The fraction of sp³-hybridized carbons (Fsp3) is 0.227. The molecule has 120 valence electrons. The first-order valence-corrected chi connectivity index (χ1v) is 8.62. The topological polar surface area (TPSA) is 7.12 Å². The normalized spacial score (nSPS) is 15.5. The number of pyridine rings is 1. The monoisotopic (exact) mass is 315 g/mol. The Kier molecular flexibility index (Phi) is 3.81. The zero-order valence-corrected chi connectivity index (χ0v) is 14.4. The van der Waals surface area contributed by atoms with Gasteiger partial charge in [0, 0.05) is 49.3 Å². The average molecular weight is 315 g/mol. The second-order valence-electron chi connectivity index (χ2n) is 6.69. The lowest BCUT2D eigenvalue weighted by atomic mass is 9.97. The summed E-state index contributed by atoms with van der Waals surface area (Å²) in [6, 6.07) is 22.0. The Morgan fingerprint density at radius 3 is 2.50 bits per heavy atom. The number of hydrogen-bond acceptors (Lipinski definition) is 1. The Morgan fingerprint density at radius 2 is 1.71 bits per heavy atom. The van der Waals surface area contributed by atoms with Gasteiger partial charge in [0.05, 0.1) is 0 Å². The highest BCUT2D eigenvalue weighted by Gasteiger charge is 2.23. The molecule has 0 amide bonds. The van der Waals surface area contributed by atoms with Crippen LogP contribution >= 0.6 is 0 Å². The quantitative estimate of drug-likeness (QED) is 0.630. The zero-order valence-electron chi connectivity index (χ0n) is 14.4. The van der Waals surface area contributed by atoms with Crippen LogP contribution in [0.25, 0.3) is 22.6 Å². The van der Waals surface area contributed by atoms with Crippen molar-refractivity contribution in [2.24, 2.45) is 0 Å². The molecule has 0 saturated carbocycles. The van der Waals surface area contributed by atoms with Crippen LogP contribution in [0.15, 0.2) is 60.7 Å². The van der Waals surface area contributed by atoms with Crippen molar-refractivity contribution in [1.82, 2.24) is 0 Å². The zero-order chi connectivity index (χ0) is 16.5. The lowest BCUT2D eigenvalue weighted by Crippen LogP contribution is -2.41. The molecule has 0 unspecified atom stereocenters. The summed E-state index contributed by atoms with van der Waals surface area (Å²) in [5.41, 5.74) is 6.64. The molecular weight excluding hydrogens is 292 g/mol. The van der Waals surface area contributed by atoms with Crippen LogP contribution in [-0.2, 0) is 6.54 Å². The van der Waals surface area contributed by atoms with Crippen molar-refractivity contribution in [1.29, 1.82) is 0 Å². The number of aryl methyl sites for hydroxylation is 1. The third-order valence-electron chi connectivity index (χ3n) is 4.85. The Balaban J connectivity index is 1.77. The molecule has 0 atom stereocenters. The maximum Gasteiger partial charge on any atom is 0.212 e. The van der Waals surface area contributed by atoms with E-state index in [0.717, 1.165) is 13.0 Å². The van der Waals surface area contributed by atoms with Crippen molar-refractivity contribution in [2.45, 2.75) is 19.4 Å². The number of anilines is 1. The van der Waals surface area contributed by atoms with Gasteiger partial charge in [-0.2, -0.15) is 4.57 Å². The largest absolute Gasteiger partial charge is 0.378 e. The predicted molar refractivity (Wildman–Crippen MR) is 102 cm³/mol. The van der Waals surface area contributed by atoms with Gasteiger partial charge in [-0.1, -0.05) is 24.3 Å². The highest BCUT2D eigenvalue weighted by atomic mass is 15.1. The maximum absolute atomic E-state index is 2.47. The van der Waals surface area contributed by atoms with E-state index >= 15 is 0 Å². The minimum Gasteiger partial charge on any atom is -0.378 e. The molecule has 2 aromatic carbocycles. The molecule has 3 aromatic rings. The van der Waals surface area contributed by atoms with Crippen molar-refractivity contribution in [3.8, 4) is 0 Å². The predicted octanol–water partition coefficient (Wildman–Crippen LogP) is 4.53. The number of hydrogen-bond donors (Lipinski definition) is 0. The van der Waals surface area contributed by atoms with Crippen molar-refractivity contribution >= 4 is 28.2 Å². The number of nitrogens with zero attached hydrogens (tertiary/aromatic N) is 2. The summed E-state index contributed by atoms with van der Waals surface area (Å²) >= 11 is 0. The molecule has 0 fully saturated rings. The van der Waals surface area contributed by atoms with Crippen molar-refractivity contribution in [3.05, 3.63) is 71.9 Å². The van der Waals surface area contributed by atoms with Crippen LogP contribution in [-0.4, -0.2) is 14.1 Å². The second kappa shape index (κ2) is 6.12. The molecule has 2 heterocycles. The van der Waals surface area contributed by atoms with E-state index in [1.165, 1.54) is 39.8 Å². The molecular formula is C22H23N2+. The van der Waals surface area contributed by atoms with Gasteiger partial charge >= 0.3 is 0 Å². The summed E-state index contributed by atoms with van der Waals surface area (Å²) < 4.78 is 2.47. The van der Waals surface area contributed by atoms with E-state index in [9.17, 15) is 0 Å². The molecule has 2 nitrogen and oxygen atoms in total. The molecule has 24 heavy (non-hydrogen) atoms. The molecule has 0 aliphatic carbocycles. The van der Waals surface area contributed by atoms with E-state index in [1.807, 2.05) is 0 Å². The summed E-state index contributed by atoms with van der Waals surface area (Å²) in [4.78, 5) is 2.13. The first kappa shape index (κ1) is 14.9. The summed E-state index contributed by atoms with van der Waals surface area (Å²) in [7, 11) is 4.15. The molecule has 0 spiro atoms. The van der Waals surface area contributed by atoms with Gasteiger partial charge in [-0.3, -0.25) is 0 Å². The Labute approximate surface area is 143 Å². The lowest BCUT2D eigenvalue weighted by molar-refractivity contribution is -0.677. The Morgan fingerprint density at radius 1 is 0.917 bits per heavy atom. The van der Waals surface area contributed by atoms with Crippen LogP contribution in [0.3, 0.4) is 0 Å². The summed E-state index contributed by atoms with van der Waals surface area (Å²) in [5, 5.41) is 1.32. The number of aromatic nitrogens is 1.